The molecule has 0 spiro atoms. The van der Waals surface area contributed by atoms with E-state index in [0.717, 1.165) is 19.4 Å². The predicted octanol–water partition coefficient (Wildman–Crippen LogP) is 6.15. The van der Waals surface area contributed by atoms with Gasteiger partial charge in [0.15, 0.2) is 0 Å². The minimum absolute atomic E-state index is 0.155. The van der Waals surface area contributed by atoms with Crippen LogP contribution in [0.3, 0.4) is 0 Å². The smallest absolute Gasteiger partial charge is 0.0783 e. The molecule has 0 aromatic rings. The Morgan fingerprint density at radius 3 is 1.52 bits per heavy atom. The zero-order chi connectivity index (χ0) is 25.6. The van der Waals surface area contributed by atoms with Crippen LogP contribution >= 0.6 is 0 Å². The van der Waals surface area contributed by atoms with Crippen molar-refractivity contribution in [1.82, 2.24) is 0 Å². The molecule has 0 saturated heterocycles. The molecular weight excluding hydrogens is 420 g/mol. The molecule has 0 aliphatic heterocycles. The molecule has 0 saturated carbocycles. The summed E-state index contributed by atoms with van der Waals surface area (Å²) in [5, 5.41) is 0. The van der Waals surface area contributed by atoms with E-state index in [1.165, 1.54) is 0 Å². The molecule has 0 N–H and O–H groups in total. The van der Waals surface area contributed by atoms with Crippen LogP contribution in [-0.2, 0) is 28.4 Å². The van der Waals surface area contributed by atoms with Gasteiger partial charge in [0.1, 0.15) is 0 Å². The van der Waals surface area contributed by atoms with Crippen molar-refractivity contribution in [2.24, 2.45) is 11.8 Å². The second-order valence-corrected chi connectivity index (χ2v) is 10.2. The molecule has 0 heterocycles. The van der Waals surface area contributed by atoms with Crippen LogP contribution in [0.5, 0.6) is 0 Å². The number of hydrogen-bond donors (Lipinski definition) is 0. The van der Waals surface area contributed by atoms with Gasteiger partial charge in [-0.05, 0) is 73.1 Å². The fourth-order valence-corrected chi connectivity index (χ4v) is 2.94. The van der Waals surface area contributed by atoms with Gasteiger partial charge in [-0.15, -0.1) is 0 Å². The predicted molar refractivity (Wildman–Crippen MR) is 138 cm³/mol. The fraction of sp³-hybridized carbons (Fsp3) is 1.00. The largest absolute Gasteiger partial charge is 0.379 e. The van der Waals surface area contributed by atoms with Crippen LogP contribution in [0.4, 0.5) is 0 Å². The van der Waals surface area contributed by atoms with Gasteiger partial charge in [-0.3, -0.25) is 0 Å². The lowest BCUT2D eigenvalue weighted by atomic mass is 10.1. The Kier molecular flexibility index (Phi) is 24.9. The van der Waals surface area contributed by atoms with E-state index in [9.17, 15) is 0 Å². The molecule has 3 unspecified atom stereocenters. The first-order valence-electron chi connectivity index (χ1n) is 13.1. The standard InChI is InChI=1S/C14H30O3.C13H28O3/c1-11(2)9-13(5)16-8-7-15-10-14(6)17-12(3)4;1-11(2)6-7-14-10-13(5)16-9-8-15-12(3)4/h11-14H,7-10H2,1-6H3;11-13H,6-10H2,1-5H3. The minimum atomic E-state index is 0.155. The first-order chi connectivity index (χ1) is 15.4. The quantitative estimate of drug-likeness (QED) is 0.196. The molecule has 0 aromatic heterocycles. The van der Waals surface area contributed by atoms with Crippen LogP contribution in [0.1, 0.15) is 89.0 Å². The molecule has 0 radical (unpaired) electrons. The monoisotopic (exact) mass is 478 g/mol. The van der Waals surface area contributed by atoms with E-state index in [4.69, 9.17) is 28.4 Å². The molecule has 0 rings (SSSR count). The van der Waals surface area contributed by atoms with Gasteiger partial charge in [0.2, 0.25) is 0 Å². The van der Waals surface area contributed by atoms with Gasteiger partial charge >= 0.3 is 0 Å². The van der Waals surface area contributed by atoms with Crippen LogP contribution < -0.4 is 0 Å². The van der Waals surface area contributed by atoms with Gasteiger partial charge in [-0.25, -0.2) is 0 Å². The molecular formula is C27H58O6. The third-order valence-electron chi connectivity index (χ3n) is 4.42. The summed E-state index contributed by atoms with van der Waals surface area (Å²) in [5.74, 6) is 1.39. The van der Waals surface area contributed by atoms with Crippen LogP contribution in [0.15, 0.2) is 0 Å². The second kappa shape index (κ2) is 23.5. The first-order valence-corrected chi connectivity index (χ1v) is 13.1. The Morgan fingerprint density at radius 2 is 0.970 bits per heavy atom. The molecule has 0 bridgehead atoms. The molecule has 0 aromatic carbocycles. The van der Waals surface area contributed by atoms with Crippen LogP contribution in [0, 0.1) is 11.8 Å². The maximum atomic E-state index is 5.65. The van der Waals surface area contributed by atoms with Gasteiger partial charge in [0.25, 0.3) is 0 Å². The Labute approximate surface area is 206 Å². The fourth-order valence-electron chi connectivity index (χ4n) is 2.94. The van der Waals surface area contributed by atoms with Gasteiger partial charge in [-0.1, -0.05) is 27.7 Å². The summed E-state index contributed by atoms with van der Waals surface area (Å²) in [6.07, 6.45) is 3.39. The van der Waals surface area contributed by atoms with Crippen LogP contribution in [0.2, 0.25) is 0 Å². The van der Waals surface area contributed by atoms with Crippen LogP contribution in [0.25, 0.3) is 0 Å². The zero-order valence-corrected chi connectivity index (χ0v) is 23.9. The topological polar surface area (TPSA) is 55.4 Å². The number of hydrogen-bond acceptors (Lipinski definition) is 6. The highest BCUT2D eigenvalue weighted by Gasteiger charge is 2.07. The number of ether oxygens (including phenoxy) is 6. The summed E-state index contributed by atoms with van der Waals surface area (Å²) in [5.41, 5.74) is 0. The maximum Gasteiger partial charge on any atom is 0.0783 e. The maximum absolute atomic E-state index is 5.65. The van der Waals surface area contributed by atoms with E-state index in [-0.39, 0.29) is 24.4 Å². The van der Waals surface area contributed by atoms with Crippen molar-refractivity contribution in [2.45, 2.75) is 120 Å². The van der Waals surface area contributed by atoms with Crippen molar-refractivity contribution in [3.63, 3.8) is 0 Å². The summed E-state index contributed by atoms with van der Waals surface area (Å²) < 4.78 is 33.2. The molecule has 6 heteroatoms. The Hall–Kier alpha value is -0.240. The summed E-state index contributed by atoms with van der Waals surface area (Å²) in [7, 11) is 0. The number of rotatable bonds is 20. The Morgan fingerprint density at radius 1 is 0.455 bits per heavy atom. The second-order valence-electron chi connectivity index (χ2n) is 10.2. The molecule has 6 nitrogen and oxygen atoms in total. The zero-order valence-electron chi connectivity index (χ0n) is 23.9. The molecule has 0 fully saturated rings. The van der Waals surface area contributed by atoms with E-state index in [1.807, 2.05) is 41.5 Å². The van der Waals surface area contributed by atoms with E-state index < -0.39 is 0 Å². The Balaban J connectivity index is 0. The van der Waals surface area contributed by atoms with Crippen molar-refractivity contribution < 1.29 is 28.4 Å². The van der Waals surface area contributed by atoms with Crippen LogP contribution in [-0.4, -0.2) is 76.8 Å². The first kappa shape index (κ1) is 34.9. The summed E-state index contributed by atoms with van der Waals surface area (Å²) >= 11 is 0. The lowest BCUT2D eigenvalue weighted by molar-refractivity contribution is -0.0526. The highest BCUT2D eigenvalue weighted by molar-refractivity contribution is 4.54. The molecule has 33 heavy (non-hydrogen) atoms. The van der Waals surface area contributed by atoms with Gasteiger partial charge in [-0.2, -0.15) is 0 Å². The molecule has 202 valence electrons. The van der Waals surface area contributed by atoms with Crippen molar-refractivity contribution >= 4 is 0 Å². The van der Waals surface area contributed by atoms with E-state index >= 15 is 0 Å². The van der Waals surface area contributed by atoms with Gasteiger partial charge in [0.05, 0.1) is 70.2 Å². The van der Waals surface area contributed by atoms with Gasteiger partial charge < -0.3 is 28.4 Å². The molecule has 0 aliphatic rings. The van der Waals surface area contributed by atoms with E-state index in [0.29, 0.717) is 57.6 Å². The lowest BCUT2D eigenvalue weighted by Crippen LogP contribution is -2.22. The van der Waals surface area contributed by atoms with E-state index in [1.54, 1.807) is 0 Å². The summed E-state index contributed by atoms with van der Waals surface area (Å²) in [6.45, 7) is 27.9. The average Bonchev–Trinajstić information content (AvgIpc) is 2.67. The Bertz CT molecular complexity index is 353. The normalized spacial score (nSPS) is 14.6. The minimum Gasteiger partial charge on any atom is -0.379 e. The summed E-state index contributed by atoms with van der Waals surface area (Å²) in [6, 6.07) is 0. The third-order valence-corrected chi connectivity index (χ3v) is 4.42. The van der Waals surface area contributed by atoms with Crippen molar-refractivity contribution in [3.05, 3.63) is 0 Å². The van der Waals surface area contributed by atoms with Crippen molar-refractivity contribution in [3.8, 4) is 0 Å². The average molecular weight is 479 g/mol. The SMILES string of the molecule is CC(C)CC(C)OCCOCC(C)OC(C)C.CC(C)CCOCC(C)OCCOC(C)C. The molecule has 0 aliphatic carbocycles. The summed E-state index contributed by atoms with van der Waals surface area (Å²) in [4.78, 5) is 0. The third kappa shape index (κ3) is 31.8. The lowest BCUT2D eigenvalue weighted by Gasteiger charge is -2.17. The molecule has 3 atom stereocenters. The van der Waals surface area contributed by atoms with Crippen molar-refractivity contribution in [2.75, 3.05) is 46.2 Å². The highest BCUT2D eigenvalue weighted by Crippen LogP contribution is 2.07. The highest BCUT2D eigenvalue weighted by atomic mass is 16.6. The van der Waals surface area contributed by atoms with Gasteiger partial charge in [0, 0.05) is 6.61 Å². The van der Waals surface area contributed by atoms with E-state index in [2.05, 4.69) is 34.6 Å². The molecule has 0 amide bonds. The van der Waals surface area contributed by atoms with Crippen molar-refractivity contribution in [1.29, 1.82) is 0 Å².